The molecule has 0 aliphatic carbocycles. The Balaban J connectivity index is 2.24. The van der Waals surface area contributed by atoms with Gasteiger partial charge in [0.2, 0.25) is 5.91 Å². The van der Waals surface area contributed by atoms with E-state index in [0.717, 1.165) is 56.3 Å². The fourth-order valence-electron chi connectivity index (χ4n) is 2.68. The number of carbonyl (C=O) groups excluding carboxylic acids is 1. The second kappa shape index (κ2) is 15.4. The number of hydroxylamine groups is 1. The van der Waals surface area contributed by atoms with Crippen molar-refractivity contribution in [1.29, 1.82) is 0 Å². The van der Waals surface area contributed by atoms with Gasteiger partial charge in [0.1, 0.15) is 5.75 Å². The Kier molecular flexibility index (Phi) is 13.7. The molecule has 0 aliphatic rings. The number of hydrogen-bond acceptors (Lipinski definition) is 6. The number of carbonyl (C=O) groups is 1. The number of unbranched alkanes of at least 4 members (excludes halogenated alkanes) is 6. The minimum atomic E-state index is -4.58. The lowest BCUT2D eigenvalue weighted by molar-refractivity contribution is -0.231. The summed E-state index contributed by atoms with van der Waals surface area (Å²) in [5.74, 6) is 0.292. The minimum absolute atomic E-state index is 0.0764. The lowest BCUT2D eigenvalue weighted by Gasteiger charge is -2.22. The maximum atomic E-state index is 11.8. The maximum Gasteiger partial charge on any atom is 0.290 e. The molecule has 1 aromatic carbocycles. The van der Waals surface area contributed by atoms with Gasteiger partial charge in [0.05, 0.1) is 13.2 Å². The largest absolute Gasteiger partial charge is 0.755 e. The summed E-state index contributed by atoms with van der Waals surface area (Å²) >= 11 is 0. The molecule has 1 N–H and O–H groups in total. The van der Waals surface area contributed by atoms with Gasteiger partial charge < -0.3 is 14.2 Å². The summed E-state index contributed by atoms with van der Waals surface area (Å²) in [6.07, 6.45) is 8.85. The Morgan fingerprint density at radius 1 is 1.03 bits per heavy atom. The first-order chi connectivity index (χ1) is 14.0. The molecule has 0 aliphatic heterocycles. The normalized spacial score (nSPS) is 13.1. The van der Waals surface area contributed by atoms with Crippen LogP contribution >= 0.6 is 7.82 Å². The summed E-state index contributed by atoms with van der Waals surface area (Å²) in [6, 6.07) is 7.47. The molecule has 29 heavy (non-hydrogen) atoms. The number of amides is 1. The third-order valence-corrected chi connectivity index (χ3v) is 5.15. The highest BCUT2D eigenvalue weighted by atomic mass is 31.2. The first kappa shape index (κ1) is 25.6. The van der Waals surface area contributed by atoms with Gasteiger partial charge >= 0.3 is 0 Å². The molecule has 1 atom stereocenters. The summed E-state index contributed by atoms with van der Waals surface area (Å²) < 4.78 is 26.7. The van der Waals surface area contributed by atoms with E-state index in [1.165, 1.54) is 0 Å². The third-order valence-electron chi connectivity index (χ3n) is 4.33. The van der Waals surface area contributed by atoms with Crippen LogP contribution in [-0.4, -0.2) is 19.1 Å². The summed E-state index contributed by atoms with van der Waals surface area (Å²) in [7, 11) is -4.58. The molecule has 0 aromatic heterocycles. The molecule has 0 fully saturated rings. The van der Waals surface area contributed by atoms with Crippen LogP contribution in [-0.2, 0) is 24.9 Å². The third kappa shape index (κ3) is 13.4. The van der Waals surface area contributed by atoms with Crippen LogP contribution in [0.5, 0.6) is 5.75 Å². The van der Waals surface area contributed by atoms with Crippen LogP contribution in [0, 0.1) is 0 Å². The van der Waals surface area contributed by atoms with Crippen molar-refractivity contribution in [2.75, 3.05) is 13.2 Å². The van der Waals surface area contributed by atoms with E-state index in [2.05, 4.69) is 18.5 Å². The number of nitrogens with one attached hydrogen (secondary N) is 1. The van der Waals surface area contributed by atoms with E-state index in [0.29, 0.717) is 19.4 Å². The molecule has 7 nitrogen and oxygen atoms in total. The molecule has 0 spiro atoms. The van der Waals surface area contributed by atoms with Gasteiger partial charge in [0.15, 0.2) is 0 Å². The SMILES string of the molecule is CCCCCCCC(=O)NOP(=O)([O-])OCCc1cccc(OCCCCC)c1. The van der Waals surface area contributed by atoms with Gasteiger partial charge in [0.25, 0.3) is 7.82 Å². The lowest BCUT2D eigenvalue weighted by Crippen LogP contribution is -2.25. The standard InChI is InChI=1S/C21H36NO6P/c1-3-5-7-8-9-14-21(23)22-28-29(24,25)27-17-15-19-12-11-13-20(18-19)26-16-10-6-4-2/h11-13,18H,3-10,14-17H2,1-2H3,(H,22,23)(H,24,25)/p-1. The van der Waals surface area contributed by atoms with E-state index in [1.807, 2.05) is 29.7 Å². The van der Waals surface area contributed by atoms with Gasteiger partial charge in [-0.05, 0) is 37.0 Å². The summed E-state index contributed by atoms with van der Waals surface area (Å²) in [5.41, 5.74) is 2.84. The molecular formula is C21H35NO6P-. The molecule has 0 radical (unpaired) electrons. The van der Waals surface area contributed by atoms with Crippen molar-refractivity contribution in [3.8, 4) is 5.75 Å². The molecule has 1 aromatic rings. The van der Waals surface area contributed by atoms with Crippen molar-refractivity contribution in [1.82, 2.24) is 5.48 Å². The Labute approximate surface area is 174 Å². The predicted octanol–water partition coefficient (Wildman–Crippen LogP) is 4.69. The molecule has 1 unspecified atom stereocenters. The van der Waals surface area contributed by atoms with Crippen LogP contribution < -0.4 is 15.1 Å². The van der Waals surface area contributed by atoms with E-state index in [9.17, 15) is 14.3 Å². The number of rotatable bonds is 17. The fourth-order valence-corrected chi connectivity index (χ4v) is 3.26. The van der Waals surface area contributed by atoms with Crippen molar-refractivity contribution in [2.24, 2.45) is 0 Å². The van der Waals surface area contributed by atoms with Crippen LogP contribution in [0.3, 0.4) is 0 Å². The predicted molar refractivity (Wildman–Crippen MR) is 111 cm³/mol. The molecule has 0 saturated carbocycles. The fraction of sp³-hybridized carbons (Fsp3) is 0.667. The van der Waals surface area contributed by atoms with Crippen LogP contribution in [0.25, 0.3) is 0 Å². The van der Waals surface area contributed by atoms with Crippen LogP contribution in [0.4, 0.5) is 0 Å². The highest BCUT2D eigenvalue weighted by Gasteiger charge is 2.12. The lowest BCUT2D eigenvalue weighted by atomic mass is 10.1. The van der Waals surface area contributed by atoms with Crippen molar-refractivity contribution >= 4 is 13.7 Å². The van der Waals surface area contributed by atoms with Gasteiger partial charge in [-0.2, -0.15) is 0 Å². The zero-order valence-corrected chi connectivity index (χ0v) is 18.6. The maximum absolute atomic E-state index is 11.8. The Morgan fingerprint density at radius 3 is 2.52 bits per heavy atom. The van der Waals surface area contributed by atoms with Crippen molar-refractivity contribution < 1.29 is 28.1 Å². The van der Waals surface area contributed by atoms with Crippen molar-refractivity contribution in [2.45, 2.75) is 78.1 Å². The topological polar surface area (TPSA) is 96.9 Å². The average molecular weight is 428 g/mol. The van der Waals surface area contributed by atoms with E-state index >= 15 is 0 Å². The van der Waals surface area contributed by atoms with E-state index in [4.69, 9.17) is 9.26 Å². The van der Waals surface area contributed by atoms with Gasteiger partial charge in [-0.25, -0.2) is 10.1 Å². The second-order valence-corrected chi connectivity index (χ2v) is 8.35. The van der Waals surface area contributed by atoms with E-state index in [-0.39, 0.29) is 13.0 Å². The number of ether oxygens (including phenoxy) is 1. The number of benzene rings is 1. The van der Waals surface area contributed by atoms with E-state index in [1.54, 1.807) is 0 Å². The molecule has 8 heteroatoms. The van der Waals surface area contributed by atoms with Gasteiger partial charge in [0, 0.05) is 6.42 Å². The van der Waals surface area contributed by atoms with Crippen molar-refractivity contribution in [3.05, 3.63) is 29.8 Å². The van der Waals surface area contributed by atoms with E-state index < -0.39 is 13.7 Å². The van der Waals surface area contributed by atoms with Crippen LogP contribution in [0.2, 0.25) is 0 Å². The molecule has 1 rings (SSSR count). The van der Waals surface area contributed by atoms with Gasteiger partial charge in [-0.1, -0.05) is 64.5 Å². The average Bonchev–Trinajstić information content (AvgIpc) is 2.70. The molecule has 0 saturated heterocycles. The van der Waals surface area contributed by atoms with Crippen LogP contribution in [0.15, 0.2) is 24.3 Å². The summed E-state index contributed by atoms with van der Waals surface area (Å²) in [5, 5.41) is 0. The smallest absolute Gasteiger partial charge is 0.290 e. The molecule has 1 amide bonds. The van der Waals surface area contributed by atoms with Crippen LogP contribution in [0.1, 0.15) is 77.2 Å². The molecule has 166 valence electrons. The summed E-state index contributed by atoms with van der Waals surface area (Å²) in [6.45, 7) is 4.84. The Hall–Kier alpha value is -1.40. The zero-order valence-electron chi connectivity index (χ0n) is 17.7. The quantitative estimate of drug-likeness (QED) is 0.220. The molecular weight excluding hydrogens is 393 g/mol. The second-order valence-electron chi connectivity index (χ2n) is 7.01. The monoisotopic (exact) mass is 428 g/mol. The number of phosphoric acid groups is 1. The molecule has 0 bridgehead atoms. The highest BCUT2D eigenvalue weighted by Crippen LogP contribution is 2.36. The highest BCUT2D eigenvalue weighted by molar-refractivity contribution is 7.45. The Bertz CT molecular complexity index is 625. The summed E-state index contributed by atoms with van der Waals surface area (Å²) in [4.78, 5) is 23.4. The minimum Gasteiger partial charge on any atom is -0.755 e. The zero-order chi connectivity index (χ0) is 21.4. The van der Waals surface area contributed by atoms with Crippen molar-refractivity contribution in [3.63, 3.8) is 0 Å². The molecule has 0 heterocycles. The van der Waals surface area contributed by atoms with Gasteiger partial charge in [-0.3, -0.25) is 9.36 Å². The number of phosphoric ester groups is 1. The first-order valence-electron chi connectivity index (χ1n) is 10.6. The Morgan fingerprint density at radius 2 is 1.76 bits per heavy atom. The number of hydrogen-bond donors (Lipinski definition) is 1. The van der Waals surface area contributed by atoms with Gasteiger partial charge in [-0.15, -0.1) is 0 Å². The first-order valence-corrected chi connectivity index (χ1v) is 12.1.